The summed E-state index contributed by atoms with van der Waals surface area (Å²) in [5.41, 5.74) is 2.30. The summed E-state index contributed by atoms with van der Waals surface area (Å²) in [5.74, 6) is -0.391. The van der Waals surface area contributed by atoms with Gasteiger partial charge in [-0.3, -0.25) is 9.59 Å². The zero-order chi connectivity index (χ0) is 19.5. The van der Waals surface area contributed by atoms with E-state index in [1.165, 1.54) is 12.1 Å². The number of nitrogens with one attached hydrogen (secondary N) is 1. The molecule has 7 nitrogen and oxygen atoms in total. The number of hydrogen-bond donors (Lipinski definition) is 1. The summed E-state index contributed by atoms with van der Waals surface area (Å²) in [6, 6.07) is 13.2. The number of anilines is 1. The largest absolute Gasteiger partial charge is 0.378 e. The zero-order valence-electron chi connectivity index (χ0n) is 15.1. The van der Waals surface area contributed by atoms with Gasteiger partial charge in [0.25, 0.3) is 5.56 Å². The molecule has 0 saturated carbocycles. The second-order valence-electron chi connectivity index (χ2n) is 6.49. The van der Waals surface area contributed by atoms with E-state index in [1.54, 1.807) is 24.3 Å². The van der Waals surface area contributed by atoms with E-state index in [0.29, 0.717) is 42.9 Å². The topological polar surface area (TPSA) is 76.5 Å². The molecule has 0 unspecified atom stereocenters. The number of aromatic nitrogens is 2. The lowest BCUT2D eigenvalue weighted by atomic mass is 10.1. The predicted molar refractivity (Wildman–Crippen MR) is 104 cm³/mol. The third-order valence-corrected chi connectivity index (χ3v) is 4.64. The van der Waals surface area contributed by atoms with Gasteiger partial charge in [0, 0.05) is 18.5 Å². The van der Waals surface area contributed by atoms with E-state index in [1.807, 2.05) is 17.0 Å². The van der Waals surface area contributed by atoms with Crippen molar-refractivity contribution in [1.29, 1.82) is 0 Å². The summed E-state index contributed by atoms with van der Waals surface area (Å²) in [7, 11) is 0. The van der Waals surface area contributed by atoms with Crippen LogP contribution < -0.4 is 15.9 Å². The molecule has 3 aromatic rings. The number of rotatable bonds is 4. The molecule has 2 heterocycles. The van der Waals surface area contributed by atoms with Crippen LogP contribution >= 0.6 is 0 Å². The molecule has 1 aromatic heterocycles. The van der Waals surface area contributed by atoms with Crippen LogP contribution in [0.3, 0.4) is 0 Å². The zero-order valence-corrected chi connectivity index (χ0v) is 15.1. The molecule has 0 spiro atoms. The van der Waals surface area contributed by atoms with E-state index in [0.717, 1.165) is 4.79 Å². The van der Waals surface area contributed by atoms with Crippen LogP contribution in [-0.2, 0) is 16.0 Å². The first kappa shape index (κ1) is 18.1. The molecule has 28 heavy (non-hydrogen) atoms. The van der Waals surface area contributed by atoms with Gasteiger partial charge in [0.1, 0.15) is 5.82 Å². The lowest BCUT2D eigenvalue weighted by Gasteiger charge is -2.29. The van der Waals surface area contributed by atoms with Gasteiger partial charge in [-0.15, -0.1) is 9.89 Å². The number of hydrogen-bond acceptors (Lipinski definition) is 5. The van der Waals surface area contributed by atoms with Crippen molar-refractivity contribution < 1.29 is 13.9 Å². The average molecular weight is 382 g/mol. The molecule has 0 aliphatic carbocycles. The summed E-state index contributed by atoms with van der Waals surface area (Å²) < 4.78 is 19.2. The Labute approximate surface area is 160 Å². The summed E-state index contributed by atoms with van der Waals surface area (Å²) in [5, 5.41) is 5.54. The quantitative estimate of drug-likeness (QED) is 0.743. The molecule has 0 atom stereocenters. The first-order chi connectivity index (χ1) is 13.6. The van der Waals surface area contributed by atoms with Crippen molar-refractivity contribution in [1.82, 2.24) is 9.89 Å². The third kappa shape index (κ3) is 3.59. The van der Waals surface area contributed by atoms with Gasteiger partial charge in [-0.2, -0.15) is 0 Å². The van der Waals surface area contributed by atoms with Gasteiger partial charge < -0.3 is 9.64 Å². The van der Waals surface area contributed by atoms with Crippen molar-refractivity contribution in [2.24, 2.45) is 0 Å². The van der Waals surface area contributed by atoms with Crippen LogP contribution in [0, 0.1) is 5.82 Å². The summed E-state index contributed by atoms with van der Waals surface area (Å²) >= 11 is 0. The number of fused-ring (bicyclic) bond motifs is 1. The molecule has 1 aliphatic rings. The highest BCUT2D eigenvalue weighted by molar-refractivity contribution is 5.92. The number of ether oxygens (including phenoxy) is 1. The molecule has 0 bridgehead atoms. The Hall–Kier alpha value is -3.26. The molecular weight excluding hydrogens is 363 g/mol. The van der Waals surface area contributed by atoms with Crippen LogP contribution in [0.5, 0.6) is 0 Å². The third-order valence-electron chi connectivity index (χ3n) is 4.64. The minimum atomic E-state index is -0.525. The van der Waals surface area contributed by atoms with Gasteiger partial charge >= 0.3 is 0 Å². The Morgan fingerprint density at radius 1 is 1.07 bits per heavy atom. The number of morpholine rings is 1. The van der Waals surface area contributed by atoms with Crippen molar-refractivity contribution >= 4 is 22.5 Å². The van der Waals surface area contributed by atoms with E-state index in [-0.39, 0.29) is 12.0 Å². The number of halogens is 1. The Kier molecular flexibility index (Phi) is 5.03. The van der Waals surface area contributed by atoms with Crippen LogP contribution in [0.25, 0.3) is 10.8 Å². The fraction of sp³-hybridized carbons (Fsp3) is 0.250. The van der Waals surface area contributed by atoms with Gasteiger partial charge in [-0.1, -0.05) is 36.4 Å². The monoisotopic (exact) mass is 382 g/mol. The Bertz CT molecular complexity index is 1080. The number of amides is 1. The number of carbonyl (C=O) groups excluding carboxylic acids is 1. The maximum Gasteiger partial charge on any atom is 0.294 e. The molecule has 0 radical (unpaired) electrons. The highest BCUT2D eigenvalue weighted by Gasteiger charge is 2.19. The van der Waals surface area contributed by atoms with Crippen LogP contribution in [0.1, 0.15) is 5.56 Å². The number of nitrogens with zero attached hydrogens (tertiary/aromatic N) is 3. The fourth-order valence-electron chi connectivity index (χ4n) is 3.23. The molecule has 2 aromatic carbocycles. The highest BCUT2D eigenvalue weighted by Crippen LogP contribution is 2.22. The standard InChI is InChI=1S/C20H19FN4O3/c21-17-8-4-1-5-14(17)13-18(26)22-25-20(27)16-7-3-2-6-15(16)19(23-25)24-9-11-28-12-10-24/h1-8H,9-13H2,(H,22,26). The van der Waals surface area contributed by atoms with Crippen molar-refractivity contribution in [3.63, 3.8) is 0 Å². The van der Waals surface area contributed by atoms with Gasteiger partial charge in [0.05, 0.1) is 25.0 Å². The first-order valence-corrected chi connectivity index (χ1v) is 9.01. The maximum absolute atomic E-state index is 13.8. The average Bonchev–Trinajstić information content (AvgIpc) is 2.72. The van der Waals surface area contributed by atoms with Crippen LogP contribution in [0.4, 0.5) is 10.2 Å². The lowest BCUT2D eigenvalue weighted by molar-refractivity contribution is -0.116. The Morgan fingerprint density at radius 2 is 1.75 bits per heavy atom. The number of carbonyl (C=O) groups is 1. The fourth-order valence-corrected chi connectivity index (χ4v) is 3.23. The Balaban J connectivity index is 1.68. The van der Waals surface area contributed by atoms with Crippen molar-refractivity contribution in [3.8, 4) is 0 Å². The molecule has 1 amide bonds. The summed E-state index contributed by atoms with van der Waals surface area (Å²) in [6.07, 6.45) is -0.194. The van der Waals surface area contributed by atoms with E-state index >= 15 is 0 Å². The highest BCUT2D eigenvalue weighted by atomic mass is 19.1. The Morgan fingerprint density at radius 3 is 2.50 bits per heavy atom. The maximum atomic E-state index is 13.8. The van der Waals surface area contributed by atoms with Gasteiger partial charge in [-0.05, 0) is 17.7 Å². The van der Waals surface area contributed by atoms with Gasteiger partial charge in [0.2, 0.25) is 5.91 Å². The van der Waals surface area contributed by atoms with Crippen molar-refractivity contribution in [2.45, 2.75) is 6.42 Å². The minimum absolute atomic E-state index is 0.194. The predicted octanol–water partition coefficient (Wildman–Crippen LogP) is 1.68. The van der Waals surface area contributed by atoms with E-state index in [2.05, 4.69) is 10.5 Å². The molecule has 8 heteroatoms. The summed E-state index contributed by atoms with van der Waals surface area (Å²) in [4.78, 5) is 28.1. The molecule has 144 valence electrons. The molecule has 1 saturated heterocycles. The van der Waals surface area contributed by atoms with Gasteiger partial charge in [-0.25, -0.2) is 9.82 Å². The van der Waals surface area contributed by atoms with E-state index in [9.17, 15) is 14.0 Å². The number of benzene rings is 2. The molecule has 1 fully saturated rings. The van der Waals surface area contributed by atoms with Crippen LogP contribution in [-0.4, -0.2) is 42.1 Å². The van der Waals surface area contributed by atoms with Crippen molar-refractivity contribution in [2.75, 3.05) is 36.6 Å². The molecule has 1 N–H and O–H groups in total. The molecular formula is C20H19FN4O3. The SMILES string of the molecule is O=C(Cc1ccccc1F)Nn1nc(N2CCOCC2)c2ccccc2c1=O. The minimum Gasteiger partial charge on any atom is -0.378 e. The lowest BCUT2D eigenvalue weighted by Crippen LogP contribution is -2.41. The van der Waals surface area contributed by atoms with E-state index in [4.69, 9.17) is 4.74 Å². The normalized spacial score (nSPS) is 14.2. The second-order valence-corrected chi connectivity index (χ2v) is 6.49. The molecule has 1 aliphatic heterocycles. The van der Waals surface area contributed by atoms with Crippen LogP contribution in [0.15, 0.2) is 53.3 Å². The van der Waals surface area contributed by atoms with Crippen LogP contribution in [0.2, 0.25) is 0 Å². The van der Waals surface area contributed by atoms with Crippen molar-refractivity contribution in [3.05, 3.63) is 70.3 Å². The van der Waals surface area contributed by atoms with E-state index < -0.39 is 17.3 Å². The summed E-state index contributed by atoms with van der Waals surface area (Å²) in [6.45, 7) is 2.40. The second kappa shape index (κ2) is 7.77. The van der Waals surface area contributed by atoms with Gasteiger partial charge in [0.15, 0.2) is 5.82 Å². The first-order valence-electron chi connectivity index (χ1n) is 9.01. The molecule has 4 rings (SSSR count). The smallest absolute Gasteiger partial charge is 0.294 e.